The number of rotatable bonds is 9. The van der Waals surface area contributed by atoms with Gasteiger partial charge in [-0.05, 0) is 23.7 Å². The molecule has 1 saturated carbocycles. The Morgan fingerprint density at radius 2 is 2.23 bits per heavy atom. The van der Waals surface area contributed by atoms with Crippen LogP contribution in [0.2, 0.25) is 0 Å². The van der Waals surface area contributed by atoms with Crippen molar-refractivity contribution in [3.05, 3.63) is 18.6 Å². The minimum atomic E-state index is -0.705. The van der Waals surface area contributed by atoms with Crippen LogP contribution >= 0.6 is 0 Å². The van der Waals surface area contributed by atoms with Crippen LogP contribution in [0.1, 0.15) is 38.5 Å². The number of hydrazine groups is 1. The van der Waals surface area contributed by atoms with E-state index >= 15 is 0 Å². The zero-order valence-corrected chi connectivity index (χ0v) is 17.1. The Balaban J connectivity index is 1.67. The molecular weight excluding hydrogens is 392 g/mol. The number of carbonyl (C=O) groups excluding carboxylic acids is 3. The summed E-state index contributed by atoms with van der Waals surface area (Å²) in [6.45, 7) is 0.380. The maximum Gasteiger partial charge on any atom is 0.327 e. The fourth-order valence-electron chi connectivity index (χ4n) is 4.14. The molecule has 2 heterocycles. The number of hydrogen-bond acceptors (Lipinski definition) is 7. The molecule has 2 aliphatic rings. The molecule has 0 aromatic carbocycles. The first-order valence-electron chi connectivity index (χ1n) is 10.2. The van der Waals surface area contributed by atoms with E-state index in [0.717, 1.165) is 25.7 Å². The van der Waals surface area contributed by atoms with Gasteiger partial charge in [-0.3, -0.25) is 29.9 Å². The number of amides is 3. The van der Waals surface area contributed by atoms with Crippen molar-refractivity contribution < 1.29 is 29.2 Å². The van der Waals surface area contributed by atoms with Crippen molar-refractivity contribution in [1.29, 1.82) is 0 Å². The van der Waals surface area contributed by atoms with E-state index in [2.05, 4.69) is 15.7 Å². The molecule has 0 spiro atoms. The van der Waals surface area contributed by atoms with Crippen molar-refractivity contribution >= 4 is 24.0 Å². The topological polar surface area (TPSA) is 128 Å². The Kier molecular flexibility index (Phi) is 7.52. The van der Waals surface area contributed by atoms with Gasteiger partial charge < -0.3 is 4.84 Å². The van der Waals surface area contributed by atoms with Crippen molar-refractivity contribution in [3.63, 3.8) is 0 Å². The number of aromatic nitrogens is 2. The second-order valence-electron chi connectivity index (χ2n) is 7.71. The number of hydrogen-bond donors (Lipinski definition) is 3. The average molecular weight is 421 g/mol. The van der Waals surface area contributed by atoms with Crippen molar-refractivity contribution in [2.45, 2.75) is 44.6 Å². The molecule has 0 bridgehead atoms. The summed E-state index contributed by atoms with van der Waals surface area (Å²) in [6.07, 6.45) is 8.67. The third-order valence-electron chi connectivity index (χ3n) is 5.67. The molecule has 3 amide bonds. The van der Waals surface area contributed by atoms with Gasteiger partial charge in [0.05, 0.1) is 18.5 Å². The van der Waals surface area contributed by atoms with Crippen molar-refractivity contribution in [3.8, 4) is 0 Å². The molecule has 1 saturated heterocycles. The van der Waals surface area contributed by atoms with Crippen LogP contribution in [0.5, 0.6) is 0 Å². The second kappa shape index (κ2) is 10.3. The summed E-state index contributed by atoms with van der Waals surface area (Å²) in [4.78, 5) is 46.0. The van der Waals surface area contributed by atoms with Crippen LogP contribution in [-0.4, -0.2) is 64.7 Å². The Morgan fingerprint density at radius 1 is 1.47 bits per heavy atom. The second-order valence-corrected chi connectivity index (χ2v) is 7.71. The van der Waals surface area contributed by atoms with Gasteiger partial charge in [0.2, 0.25) is 12.3 Å². The van der Waals surface area contributed by atoms with E-state index in [1.54, 1.807) is 12.3 Å². The SMILES string of the molecule is CO[n+]1ccc(NC(=O)C2CCNN2C(=O)C(CC2CCCC2)CN(O)C=O)nc1. The first-order chi connectivity index (χ1) is 14.5. The molecule has 3 rings (SSSR count). The summed E-state index contributed by atoms with van der Waals surface area (Å²) in [5, 5.41) is 14.2. The van der Waals surface area contributed by atoms with E-state index < -0.39 is 12.0 Å². The van der Waals surface area contributed by atoms with Crippen molar-refractivity contribution in [2.75, 3.05) is 25.5 Å². The maximum absolute atomic E-state index is 13.2. The minimum absolute atomic E-state index is 0.0946. The van der Waals surface area contributed by atoms with Gasteiger partial charge in [0.15, 0.2) is 0 Å². The van der Waals surface area contributed by atoms with E-state index in [9.17, 15) is 19.6 Å². The summed E-state index contributed by atoms with van der Waals surface area (Å²) in [5.41, 5.74) is 2.98. The predicted octanol–water partition coefficient (Wildman–Crippen LogP) is -0.484. The number of carbonyl (C=O) groups is 3. The highest BCUT2D eigenvalue weighted by Gasteiger charge is 2.39. The van der Waals surface area contributed by atoms with E-state index in [1.807, 2.05) is 0 Å². The third kappa shape index (κ3) is 5.42. The highest BCUT2D eigenvalue weighted by atomic mass is 16.6. The lowest BCUT2D eigenvalue weighted by molar-refractivity contribution is -0.887. The summed E-state index contributed by atoms with van der Waals surface area (Å²) < 4.78 is 1.38. The van der Waals surface area contributed by atoms with E-state index in [-0.39, 0.29) is 18.4 Å². The molecule has 2 unspecified atom stereocenters. The van der Waals surface area contributed by atoms with Crippen LogP contribution in [0, 0.1) is 11.8 Å². The first kappa shape index (κ1) is 21.9. The molecule has 2 atom stereocenters. The molecule has 1 aromatic heterocycles. The maximum atomic E-state index is 13.2. The smallest absolute Gasteiger partial charge is 0.327 e. The molecule has 11 heteroatoms. The fraction of sp³-hybridized carbons (Fsp3) is 0.632. The predicted molar refractivity (Wildman–Crippen MR) is 103 cm³/mol. The molecular formula is C19H29N6O5+. The Morgan fingerprint density at radius 3 is 2.87 bits per heavy atom. The van der Waals surface area contributed by atoms with Gasteiger partial charge in [-0.1, -0.05) is 30.4 Å². The van der Waals surface area contributed by atoms with Crippen LogP contribution < -0.4 is 20.3 Å². The Bertz CT molecular complexity index is 739. The lowest BCUT2D eigenvalue weighted by Crippen LogP contribution is -2.51. The fourth-order valence-corrected chi connectivity index (χ4v) is 4.14. The van der Waals surface area contributed by atoms with Gasteiger partial charge in [0.25, 0.3) is 11.7 Å². The number of nitrogens with one attached hydrogen (secondary N) is 2. The zero-order valence-electron chi connectivity index (χ0n) is 17.1. The van der Waals surface area contributed by atoms with Crippen LogP contribution in [0.25, 0.3) is 0 Å². The van der Waals surface area contributed by atoms with Gasteiger partial charge >= 0.3 is 6.33 Å². The molecule has 1 aliphatic carbocycles. The third-order valence-corrected chi connectivity index (χ3v) is 5.67. The monoisotopic (exact) mass is 421 g/mol. The molecule has 11 nitrogen and oxygen atoms in total. The van der Waals surface area contributed by atoms with Gasteiger partial charge in [-0.2, -0.15) is 0 Å². The molecule has 1 aromatic rings. The normalized spacial score (nSPS) is 20.1. The summed E-state index contributed by atoms with van der Waals surface area (Å²) in [7, 11) is 1.49. The zero-order chi connectivity index (χ0) is 21.5. The first-order valence-corrected chi connectivity index (χ1v) is 10.2. The standard InChI is InChI=1S/C19H28N6O5/c1-30-24-9-7-17(20-12-24)22-18(27)16-6-8-21-25(16)19(28)15(11-23(29)13-26)10-14-4-2-3-5-14/h7,9,12-16,21,29H,2-6,8,10-11H2,1H3/p+1. The van der Waals surface area contributed by atoms with Gasteiger partial charge in [0, 0.05) is 6.54 Å². The Hall–Kier alpha value is -2.79. The van der Waals surface area contributed by atoms with Crippen LogP contribution in [0.3, 0.4) is 0 Å². The number of nitrogens with zero attached hydrogens (tertiary/aromatic N) is 4. The Labute approximate surface area is 174 Å². The highest BCUT2D eigenvalue weighted by Crippen LogP contribution is 2.31. The molecule has 2 fully saturated rings. The highest BCUT2D eigenvalue weighted by molar-refractivity contribution is 5.97. The molecule has 0 radical (unpaired) electrons. The lowest BCUT2D eigenvalue weighted by Gasteiger charge is -2.29. The summed E-state index contributed by atoms with van der Waals surface area (Å²) >= 11 is 0. The van der Waals surface area contributed by atoms with Crippen molar-refractivity contribution in [2.24, 2.45) is 11.8 Å². The number of hydroxylamine groups is 2. The molecule has 164 valence electrons. The van der Waals surface area contributed by atoms with Crippen LogP contribution in [-0.2, 0) is 14.4 Å². The van der Waals surface area contributed by atoms with Gasteiger partial charge in [0.1, 0.15) is 19.3 Å². The van der Waals surface area contributed by atoms with Gasteiger partial charge in [-0.25, -0.2) is 10.5 Å². The van der Waals surface area contributed by atoms with E-state index in [0.29, 0.717) is 42.6 Å². The lowest BCUT2D eigenvalue weighted by atomic mass is 9.92. The van der Waals surface area contributed by atoms with E-state index in [4.69, 9.17) is 4.84 Å². The molecule has 3 N–H and O–H groups in total. The van der Waals surface area contributed by atoms with Gasteiger partial charge in [-0.15, -0.1) is 0 Å². The quantitative estimate of drug-likeness (QED) is 0.213. The van der Waals surface area contributed by atoms with Crippen LogP contribution in [0.15, 0.2) is 18.6 Å². The molecule has 1 aliphatic heterocycles. The largest absolute Gasteiger partial charge is 0.339 e. The number of anilines is 1. The summed E-state index contributed by atoms with van der Waals surface area (Å²) in [6, 6.07) is 0.885. The summed E-state index contributed by atoms with van der Waals surface area (Å²) in [5.74, 6) is -0.502. The van der Waals surface area contributed by atoms with Crippen LogP contribution in [0.4, 0.5) is 5.82 Å². The minimum Gasteiger partial charge on any atom is -0.339 e. The van der Waals surface area contributed by atoms with E-state index in [1.165, 1.54) is 23.2 Å². The molecule has 30 heavy (non-hydrogen) atoms. The van der Waals surface area contributed by atoms with Crippen molar-refractivity contribution in [1.82, 2.24) is 20.5 Å². The average Bonchev–Trinajstić information content (AvgIpc) is 3.45.